The molecule has 0 aliphatic heterocycles. The first-order chi connectivity index (χ1) is 8.65. The topological polar surface area (TPSA) is 17.1 Å². The third-order valence-electron chi connectivity index (χ3n) is 4.35. The highest BCUT2D eigenvalue weighted by Crippen LogP contribution is 2.37. The summed E-state index contributed by atoms with van der Waals surface area (Å²) in [5.41, 5.74) is 0. The predicted molar refractivity (Wildman–Crippen MR) is 79.7 cm³/mol. The van der Waals surface area contributed by atoms with Gasteiger partial charge in [0, 0.05) is 15.3 Å². The smallest absolute Gasteiger partial charge is 0.175 e. The zero-order chi connectivity index (χ0) is 12.7. The van der Waals surface area contributed by atoms with Gasteiger partial charge in [-0.15, -0.1) is 22.7 Å². The van der Waals surface area contributed by atoms with Gasteiger partial charge in [0.15, 0.2) is 5.78 Å². The van der Waals surface area contributed by atoms with E-state index in [2.05, 4.69) is 31.4 Å². The SMILES string of the molecule is CC1CCC(C(=O)c2cc3sccc3s2)CC1C. The fraction of sp³-hybridized carbons (Fsp3) is 0.533. The maximum Gasteiger partial charge on any atom is 0.175 e. The van der Waals surface area contributed by atoms with E-state index >= 15 is 0 Å². The van der Waals surface area contributed by atoms with Gasteiger partial charge in [0.25, 0.3) is 0 Å². The molecule has 3 heteroatoms. The van der Waals surface area contributed by atoms with E-state index < -0.39 is 0 Å². The number of hydrogen-bond donors (Lipinski definition) is 0. The number of Topliss-reactive ketones (excluding diaryl/α,β-unsaturated/α-hetero) is 1. The van der Waals surface area contributed by atoms with Crippen LogP contribution >= 0.6 is 22.7 Å². The standard InChI is InChI=1S/C15H18OS2/c1-9-3-4-11(7-10(9)2)15(16)14-8-13-12(18-14)5-6-17-13/h5-6,8-11H,3-4,7H2,1-2H3. The molecule has 0 N–H and O–H groups in total. The first kappa shape index (κ1) is 12.4. The van der Waals surface area contributed by atoms with Crippen LogP contribution in [-0.4, -0.2) is 5.78 Å². The van der Waals surface area contributed by atoms with Crippen molar-refractivity contribution < 1.29 is 4.79 Å². The van der Waals surface area contributed by atoms with Crippen molar-refractivity contribution in [2.45, 2.75) is 33.1 Å². The van der Waals surface area contributed by atoms with Crippen molar-refractivity contribution in [2.24, 2.45) is 17.8 Å². The summed E-state index contributed by atoms with van der Waals surface area (Å²) in [5.74, 6) is 2.13. The number of thiophene rings is 2. The van der Waals surface area contributed by atoms with Gasteiger partial charge in [-0.05, 0) is 48.6 Å². The molecular weight excluding hydrogens is 260 g/mol. The Kier molecular flexibility index (Phi) is 3.29. The molecule has 1 fully saturated rings. The Morgan fingerprint density at radius 2 is 2.06 bits per heavy atom. The van der Waals surface area contributed by atoms with Crippen molar-refractivity contribution in [2.75, 3.05) is 0 Å². The van der Waals surface area contributed by atoms with Gasteiger partial charge in [0.1, 0.15) is 0 Å². The molecule has 18 heavy (non-hydrogen) atoms. The van der Waals surface area contributed by atoms with E-state index in [1.807, 2.05) is 0 Å². The second-order valence-electron chi connectivity index (χ2n) is 5.59. The molecule has 0 saturated heterocycles. The normalized spacial score (nSPS) is 28.7. The lowest BCUT2D eigenvalue weighted by Gasteiger charge is -2.30. The molecule has 1 aliphatic rings. The summed E-state index contributed by atoms with van der Waals surface area (Å²) in [6, 6.07) is 4.21. The summed E-state index contributed by atoms with van der Waals surface area (Å²) >= 11 is 3.40. The van der Waals surface area contributed by atoms with Gasteiger partial charge in [0.05, 0.1) is 4.88 Å². The van der Waals surface area contributed by atoms with Crippen LogP contribution < -0.4 is 0 Å². The molecule has 2 aromatic rings. The van der Waals surface area contributed by atoms with Crippen LogP contribution in [0.1, 0.15) is 42.8 Å². The average Bonchev–Trinajstić information content (AvgIpc) is 2.92. The van der Waals surface area contributed by atoms with E-state index in [0.29, 0.717) is 11.7 Å². The van der Waals surface area contributed by atoms with E-state index in [1.165, 1.54) is 15.8 Å². The predicted octanol–water partition coefficient (Wildman–Crippen LogP) is 5.22. The Labute approximate surface area is 116 Å². The van der Waals surface area contributed by atoms with Crippen LogP contribution in [0.4, 0.5) is 0 Å². The fourth-order valence-corrected chi connectivity index (χ4v) is 5.00. The Morgan fingerprint density at radius 1 is 1.22 bits per heavy atom. The number of ketones is 1. The molecule has 3 rings (SSSR count). The molecule has 1 saturated carbocycles. The Morgan fingerprint density at radius 3 is 2.78 bits per heavy atom. The van der Waals surface area contributed by atoms with E-state index in [1.54, 1.807) is 22.7 Å². The van der Waals surface area contributed by atoms with Crippen LogP contribution in [0.2, 0.25) is 0 Å². The summed E-state index contributed by atoms with van der Waals surface area (Å²) in [7, 11) is 0. The molecule has 0 bridgehead atoms. The summed E-state index contributed by atoms with van der Waals surface area (Å²) in [6.07, 6.45) is 3.36. The first-order valence-corrected chi connectivity index (χ1v) is 8.36. The number of rotatable bonds is 2. The van der Waals surface area contributed by atoms with Crippen LogP contribution in [0.25, 0.3) is 9.40 Å². The van der Waals surface area contributed by atoms with Crippen LogP contribution in [0.5, 0.6) is 0 Å². The molecule has 1 aliphatic carbocycles. The fourth-order valence-electron chi connectivity index (χ4n) is 2.87. The van der Waals surface area contributed by atoms with E-state index in [-0.39, 0.29) is 5.92 Å². The molecule has 3 unspecified atom stereocenters. The van der Waals surface area contributed by atoms with Gasteiger partial charge in [-0.2, -0.15) is 0 Å². The minimum absolute atomic E-state index is 0.268. The highest BCUT2D eigenvalue weighted by atomic mass is 32.1. The molecule has 1 nitrogen and oxygen atoms in total. The lowest BCUT2D eigenvalue weighted by Crippen LogP contribution is -2.26. The third kappa shape index (κ3) is 2.14. The molecule has 0 radical (unpaired) electrons. The lowest BCUT2D eigenvalue weighted by molar-refractivity contribution is 0.0842. The van der Waals surface area contributed by atoms with Crippen LogP contribution in [0.3, 0.4) is 0 Å². The molecule has 2 aromatic heterocycles. The summed E-state index contributed by atoms with van der Waals surface area (Å²) in [4.78, 5) is 13.5. The molecule has 0 spiro atoms. The molecule has 2 heterocycles. The number of carbonyl (C=O) groups excluding carboxylic acids is 1. The van der Waals surface area contributed by atoms with Crippen molar-refractivity contribution in [3.05, 3.63) is 22.4 Å². The van der Waals surface area contributed by atoms with Crippen molar-refractivity contribution in [3.63, 3.8) is 0 Å². The molecule has 0 aromatic carbocycles. The zero-order valence-electron chi connectivity index (χ0n) is 10.8. The monoisotopic (exact) mass is 278 g/mol. The second-order valence-corrected chi connectivity index (χ2v) is 7.62. The van der Waals surface area contributed by atoms with Gasteiger partial charge in [0.2, 0.25) is 0 Å². The zero-order valence-corrected chi connectivity index (χ0v) is 12.4. The quantitative estimate of drug-likeness (QED) is 0.688. The first-order valence-electron chi connectivity index (χ1n) is 6.66. The molecule has 0 amide bonds. The van der Waals surface area contributed by atoms with E-state index in [4.69, 9.17) is 0 Å². The van der Waals surface area contributed by atoms with Crippen molar-refractivity contribution in [1.82, 2.24) is 0 Å². The van der Waals surface area contributed by atoms with Crippen LogP contribution in [0.15, 0.2) is 17.5 Å². The Balaban J connectivity index is 1.80. The maximum absolute atomic E-state index is 12.5. The van der Waals surface area contributed by atoms with E-state index in [9.17, 15) is 4.79 Å². The summed E-state index contributed by atoms with van der Waals surface area (Å²) in [6.45, 7) is 4.60. The van der Waals surface area contributed by atoms with Gasteiger partial charge in [-0.25, -0.2) is 0 Å². The lowest BCUT2D eigenvalue weighted by atomic mass is 9.74. The number of fused-ring (bicyclic) bond motifs is 1. The third-order valence-corrected chi connectivity index (χ3v) is 6.46. The Hall–Kier alpha value is -0.670. The van der Waals surface area contributed by atoms with Crippen LogP contribution in [0, 0.1) is 17.8 Å². The number of hydrogen-bond acceptors (Lipinski definition) is 3. The number of carbonyl (C=O) groups is 1. The minimum atomic E-state index is 0.268. The van der Waals surface area contributed by atoms with Crippen LogP contribution in [-0.2, 0) is 0 Å². The largest absolute Gasteiger partial charge is 0.293 e. The van der Waals surface area contributed by atoms with Crippen molar-refractivity contribution in [1.29, 1.82) is 0 Å². The summed E-state index contributed by atoms with van der Waals surface area (Å²) in [5, 5.41) is 2.10. The van der Waals surface area contributed by atoms with E-state index in [0.717, 1.165) is 23.6 Å². The van der Waals surface area contributed by atoms with Gasteiger partial charge in [-0.1, -0.05) is 13.8 Å². The minimum Gasteiger partial charge on any atom is -0.293 e. The van der Waals surface area contributed by atoms with Gasteiger partial charge >= 0.3 is 0 Å². The van der Waals surface area contributed by atoms with Gasteiger partial charge < -0.3 is 0 Å². The molecule has 3 atom stereocenters. The highest BCUT2D eigenvalue weighted by Gasteiger charge is 2.30. The van der Waals surface area contributed by atoms with Crippen molar-refractivity contribution >= 4 is 37.9 Å². The average molecular weight is 278 g/mol. The Bertz CT molecular complexity index is 537. The summed E-state index contributed by atoms with van der Waals surface area (Å²) < 4.78 is 2.53. The molecule has 96 valence electrons. The second kappa shape index (κ2) is 4.78. The van der Waals surface area contributed by atoms with Gasteiger partial charge in [-0.3, -0.25) is 4.79 Å². The molecular formula is C15H18OS2. The van der Waals surface area contributed by atoms with Crippen molar-refractivity contribution in [3.8, 4) is 0 Å². The maximum atomic E-state index is 12.5. The highest BCUT2D eigenvalue weighted by molar-refractivity contribution is 7.27.